The summed E-state index contributed by atoms with van der Waals surface area (Å²) in [5.41, 5.74) is 2.33. The zero-order valence-electron chi connectivity index (χ0n) is 15.7. The third kappa shape index (κ3) is 18.3. The molecule has 3 heteroatoms. The van der Waals surface area contributed by atoms with Gasteiger partial charge in [0.1, 0.15) is 0 Å². The van der Waals surface area contributed by atoms with Gasteiger partial charge in [-0.1, -0.05) is 82.0 Å². The Kier molecular flexibility index (Phi) is 27.0. The molecule has 0 bridgehead atoms. The van der Waals surface area contributed by atoms with Gasteiger partial charge < -0.3 is 5.32 Å². The van der Waals surface area contributed by atoms with Gasteiger partial charge >= 0.3 is 0 Å². The topological polar surface area (TPSA) is 35.8 Å². The van der Waals surface area contributed by atoms with Crippen LogP contribution in [0.1, 0.15) is 87.3 Å². The SMILES string of the molecule is C.C.C.C=CCC(C)(C)CNC(C)C.CC(C)c1cccc(C#N)c1.[Y]. The van der Waals surface area contributed by atoms with Gasteiger partial charge in [-0.15, -0.1) is 6.58 Å². The average molecular weight is 438 g/mol. The quantitative estimate of drug-likeness (QED) is 0.479. The summed E-state index contributed by atoms with van der Waals surface area (Å²) in [5.74, 6) is 0.503. The molecule has 0 spiro atoms. The van der Waals surface area contributed by atoms with Crippen molar-refractivity contribution in [2.45, 2.75) is 82.2 Å². The fourth-order valence-electron chi connectivity index (χ4n) is 1.91. The Morgan fingerprint density at radius 1 is 1.15 bits per heavy atom. The number of allylic oxidation sites excluding steroid dienone is 1. The minimum Gasteiger partial charge on any atom is -0.314 e. The zero-order valence-corrected chi connectivity index (χ0v) is 18.5. The van der Waals surface area contributed by atoms with Crippen molar-refractivity contribution in [2.24, 2.45) is 5.41 Å². The molecule has 1 radical (unpaired) electrons. The molecular weight excluding hydrogens is 393 g/mol. The van der Waals surface area contributed by atoms with Crippen molar-refractivity contribution in [1.82, 2.24) is 5.32 Å². The zero-order chi connectivity index (χ0) is 17.2. The summed E-state index contributed by atoms with van der Waals surface area (Å²) in [7, 11) is 0. The third-order valence-electron chi connectivity index (χ3n) is 3.37. The molecule has 0 atom stereocenters. The molecule has 1 aromatic carbocycles. The molecule has 1 N–H and O–H groups in total. The molecule has 2 nitrogen and oxygen atoms in total. The van der Waals surface area contributed by atoms with Crippen molar-refractivity contribution in [1.29, 1.82) is 5.26 Å². The Morgan fingerprint density at radius 3 is 2.08 bits per heavy atom. The maximum Gasteiger partial charge on any atom is 0.0991 e. The first-order valence-electron chi connectivity index (χ1n) is 8.06. The molecule has 0 fully saturated rings. The number of nitriles is 1. The summed E-state index contributed by atoms with van der Waals surface area (Å²) in [4.78, 5) is 0. The van der Waals surface area contributed by atoms with E-state index in [1.165, 1.54) is 5.56 Å². The predicted molar refractivity (Wildman–Crippen MR) is 117 cm³/mol. The number of nitrogens with one attached hydrogen (secondary N) is 1. The number of hydrogen-bond acceptors (Lipinski definition) is 2. The molecule has 0 unspecified atom stereocenters. The molecule has 1 rings (SSSR count). The molecule has 0 aromatic heterocycles. The van der Waals surface area contributed by atoms with Crippen molar-refractivity contribution in [3.8, 4) is 6.07 Å². The minimum atomic E-state index is 0. The van der Waals surface area contributed by atoms with Gasteiger partial charge in [0.2, 0.25) is 0 Å². The Bertz CT molecular complexity index is 485. The Morgan fingerprint density at radius 2 is 1.69 bits per heavy atom. The number of nitrogens with zero attached hydrogens (tertiary/aromatic N) is 1. The van der Waals surface area contributed by atoms with E-state index in [9.17, 15) is 0 Å². The van der Waals surface area contributed by atoms with Crippen LogP contribution in [0.2, 0.25) is 0 Å². The smallest absolute Gasteiger partial charge is 0.0991 e. The second-order valence-corrected chi connectivity index (χ2v) is 7.08. The van der Waals surface area contributed by atoms with Gasteiger partial charge in [0.15, 0.2) is 0 Å². The van der Waals surface area contributed by atoms with Gasteiger partial charge in [-0.3, -0.25) is 0 Å². The van der Waals surface area contributed by atoms with Crippen molar-refractivity contribution >= 4 is 0 Å². The first-order valence-corrected chi connectivity index (χ1v) is 8.06. The molecule has 0 aliphatic heterocycles. The van der Waals surface area contributed by atoms with Crippen LogP contribution in [0.5, 0.6) is 0 Å². The summed E-state index contributed by atoms with van der Waals surface area (Å²) in [6.07, 6.45) is 3.06. The minimum absolute atomic E-state index is 0. The maximum atomic E-state index is 8.59. The second kappa shape index (κ2) is 19.3. The van der Waals surface area contributed by atoms with Crippen LogP contribution >= 0.6 is 0 Å². The van der Waals surface area contributed by atoms with Gasteiger partial charge in [-0.05, 0) is 35.4 Å². The summed E-state index contributed by atoms with van der Waals surface area (Å²) < 4.78 is 0. The molecule has 26 heavy (non-hydrogen) atoms. The van der Waals surface area contributed by atoms with Crippen LogP contribution in [-0.4, -0.2) is 12.6 Å². The molecule has 0 saturated carbocycles. The summed E-state index contributed by atoms with van der Waals surface area (Å²) in [6.45, 7) is 17.9. The van der Waals surface area contributed by atoms with Crippen LogP contribution < -0.4 is 5.32 Å². The van der Waals surface area contributed by atoms with Crippen LogP contribution in [0.15, 0.2) is 36.9 Å². The average Bonchev–Trinajstić information content (AvgIpc) is 2.46. The molecule has 0 heterocycles. The van der Waals surface area contributed by atoms with Gasteiger partial charge in [-0.25, -0.2) is 0 Å². The van der Waals surface area contributed by atoms with Crippen LogP contribution in [0, 0.1) is 16.7 Å². The molecule has 149 valence electrons. The molecule has 0 saturated heterocycles. The Hall–Kier alpha value is -0.486. The normalized spacial score (nSPS) is 9.19. The van der Waals surface area contributed by atoms with Gasteiger partial charge in [0.05, 0.1) is 11.6 Å². The van der Waals surface area contributed by atoms with Crippen LogP contribution in [0.25, 0.3) is 0 Å². The summed E-state index contributed by atoms with van der Waals surface area (Å²) >= 11 is 0. The second-order valence-electron chi connectivity index (χ2n) is 7.08. The standard InChI is InChI=1S/C10H11N.C10H21N.3CH4.Y/c1-8(2)10-5-3-4-9(6-10)7-11;1-6-7-10(4,5)8-11-9(2)3;;;;/h3-6,8H,1-2H3;6,9,11H,1,7-8H2,2-5H3;3*1H4;. The molecule has 0 aliphatic carbocycles. The van der Waals surface area contributed by atoms with E-state index >= 15 is 0 Å². The van der Waals surface area contributed by atoms with E-state index in [1.54, 1.807) is 0 Å². The monoisotopic (exact) mass is 437 g/mol. The summed E-state index contributed by atoms with van der Waals surface area (Å²) in [6, 6.07) is 10.4. The Labute approximate surface area is 190 Å². The van der Waals surface area contributed by atoms with Crippen molar-refractivity contribution in [3.63, 3.8) is 0 Å². The van der Waals surface area contributed by atoms with E-state index < -0.39 is 0 Å². The van der Waals surface area contributed by atoms with Gasteiger partial charge in [0, 0.05) is 45.3 Å². The predicted octanol–water partition coefficient (Wildman–Crippen LogP) is 7.17. The van der Waals surface area contributed by atoms with Crippen LogP contribution in [0.3, 0.4) is 0 Å². The first kappa shape index (κ1) is 36.4. The van der Waals surface area contributed by atoms with Crippen molar-refractivity contribution < 1.29 is 32.7 Å². The van der Waals surface area contributed by atoms with E-state index in [0.717, 1.165) is 18.5 Å². The van der Waals surface area contributed by atoms with Gasteiger partial charge in [0.25, 0.3) is 0 Å². The molecule has 0 amide bonds. The van der Waals surface area contributed by atoms with E-state index in [0.29, 0.717) is 17.4 Å². The summed E-state index contributed by atoms with van der Waals surface area (Å²) in [5, 5.41) is 12.0. The fraction of sp³-hybridized carbons (Fsp3) is 0.609. The molecule has 1 aromatic rings. The maximum absolute atomic E-state index is 8.59. The number of hydrogen-bond donors (Lipinski definition) is 1. The fourth-order valence-corrected chi connectivity index (χ4v) is 1.91. The molecule has 0 aliphatic rings. The van der Waals surface area contributed by atoms with E-state index in [2.05, 4.69) is 59.5 Å². The largest absolute Gasteiger partial charge is 0.314 e. The third-order valence-corrected chi connectivity index (χ3v) is 3.37. The molecular formula is C23H44N2Y. The van der Waals surface area contributed by atoms with E-state index in [-0.39, 0.29) is 55.0 Å². The van der Waals surface area contributed by atoms with E-state index in [4.69, 9.17) is 5.26 Å². The van der Waals surface area contributed by atoms with E-state index in [1.807, 2.05) is 30.3 Å². The van der Waals surface area contributed by atoms with Crippen molar-refractivity contribution in [3.05, 3.63) is 48.0 Å². The van der Waals surface area contributed by atoms with Crippen molar-refractivity contribution in [2.75, 3.05) is 6.54 Å². The van der Waals surface area contributed by atoms with Crippen LogP contribution in [0.4, 0.5) is 0 Å². The first-order chi connectivity index (χ1) is 10.2. The van der Waals surface area contributed by atoms with Gasteiger partial charge in [-0.2, -0.15) is 5.26 Å². The Balaban J connectivity index is -0.0000000980. The number of benzene rings is 1. The van der Waals surface area contributed by atoms with Crippen LogP contribution in [-0.2, 0) is 32.7 Å². The number of rotatable bonds is 6.